The van der Waals surface area contributed by atoms with Crippen molar-refractivity contribution in [3.63, 3.8) is 0 Å². The predicted molar refractivity (Wildman–Crippen MR) is 224 cm³/mol. The third-order valence-electron chi connectivity index (χ3n) is 9.77. The largest absolute Gasteiger partial charge is 0.459 e. The van der Waals surface area contributed by atoms with E-state index in [0.29, 0.717) is 11.9 Å². The van der Waals surface area contributed by atoms with Crippen molar-refractivity contribution in [2.24, 2.45) is 0 Å². The van der Waals surface area contributed by atoms with Crippen LogP contribution in [0.1, 0.15) is 107 Å². The van der Waals surface area contributed by atoms with Crippen LogP contribution in [0.25, 0.3) is 0 Å². The highest BCUT2D eigenvalue weighted by molar-refractivity contribution is 5.36. The molecule has 310 valence electrons. The van der Waals surface area contributed by atoms with Crippen molar-refractivity contribution in [3.8, 4) is 24.0 Å². The molecule has 2 fully saturated rings. The Morgan fingerprint density at radius 2 is 0.750 bits per heavy atom. The third-order valence-corrected chi connectivity index (χ3v) is 9.77. The molecule has 0 aliphatic carbocycles. The van der Waals surface area contributed by atoms with Crippen LogP contribution in [0.4, 0.5) is 11.9 Å². The first kappa shape index (κ1) is 44.4. The van der Waals surface area contributed by atoms with E-state index in [2.05, 4.69) is 112 Å². The van der Waals surface area contributed by atoms with Gasteiger partial charge in [-0.25, -0.2) is 0 Å². The van der Waals surface area contributed by atoms with Gasteiger partial charge in [0.05, 0.1) is 0 Å². The first-order chi connectivity index (χ1) is 26.5. The van der Waals surface area contributed by atoms with Gasteiger partial charge in [0.25, 0.3) is 0 Å². The smallest absolute Gasteiger partial charge is 0.324 e. The van der Waals surface area contributed by atoms with Gasteiger partial charge in [-0.2, -0.15) is 19.9 Å². The number of piperidine rings is 2. The number of ether oxygens (including phenoxy) is 4. The molecule has 4 rings (SSSR count). The second-order valence-electron chi connectivity index (χ2n) is 17.5. The molecule has 0 unspecified atom stereocenters. The zero-order chi connectivity index (χ0) is 41.0. The number of hydrogen-bond donors (Lipinski definition) is 2. The van der Waals surface area contributed by atoms with Crippen LogP contribution in [0.3, 0.4) is 0 Å². The highest BCUT2D eigenvalue weighted by atomic mass is 16.5. The van der Waals surface area contributed by atoms with E-state index in [-0.39, 0.29) is 84.7 Å². The summed E-state index contributed by atoms with van der Waals surface area (Å²) >= 11 is 0. The molecule has 0 amide bonds. The number of hydrogen-bond acceptors (Lipinski definition) is 14. The number of nitrogens with one attached hydrogen (secondary N) is 2. The highest BCUT2D eigenvalue weighted by Gasteiger charge is 2.42. The number of unbranched alkanes of at least 4 members (excludes halogenated alkanes) is 3. The summed E-state index contributed by atoms with van der Waals surface area (Å²) < 4.78 is 23.2. The van der Waals surface area contributed by atoms with Crippen LogP contribution < -0.4 is 39.4 Å². The van der Waals surface area contributed by atoms with Crippen molar-refractivity contribution in [1.82, 2.24) is 40.5 Å². The normalized spacial score (nSPS) is 18.6. The van der Waals surface area contributed by atoms with E-state index >= 15 is 0 Å². The number of anilines is 2. The zero-order valence-electron chi connectivity index (χ0n) is 35.4. The predicted octanol–water partition coefficient (Wildman–Crippen LogP) is 6.81. The summed E-state index contributed by atoms with van der Waals surface area (Å²) in [5.41, 5.74) is -0.312. The second kappa shape index (κ2) is 19.7. The van der Waals surface area contributed by atoms with E-state index < -0.39 is 0 Å². The molecule has 56 heavy (non-hydrogen) atoms. The summed E-state index contributed by atoms with van der Waals surface area (Å²) in [4.78, 5) is 32.6. The van der Waals surface area contributed by atoms with E-state index in [0.717, 1.165) is 64.5 Å². The molecule has 2 aromatic rings. The lowest BCUT2D eigenvalue weighted by atomic mass is 9.79. The molecule has 2 aromatic heterocycles. The summed E-state index contributed by atoms with van der Waals surface area (Å²) in [6.07, 6.45) is 14.3. The van der Waals surface area contributed by atoms with Gasteiger partial charge in [-0.15, -0.1) is 9.97 Å². The standard InChI is InChI=1S/C42H68N10O4/c1-13-23-53-35-43-33(44-36(47-35)54-24-14-2)51(31-27-39(5,6)49-40(7,8)28-31)21-19-17-18-20-22-52(32-29-41(9,10)50-42(11,12)30-32)34-45-37(55-25-15-3)48-38(46-34)56-26-16-4/h13-16,31-32,49-50H,1-4,17-30H2,5-12H3. The Hall–Kier alpha value is -4.30. The van der Waals surface area contributed by atoms with Gasteiger partial charge in [0.1, 0.15) is 26.4 Å². The van der Waals surface area contributed by atoms with Crippen molar-refractivity contribution in [2.45, 2.75) is 141 Å². The summed E-state index contributed by atoms with van der Waals surface area (Å²) in [5.74, 6) is 1.11. The van der Waals surface area contributed by atoms with E-state index in [9.17, 15) is 0 Å². The Balaban J connectivity index is 1.55. The van der Waals surface area contributed by atoms with Gasteiger partial charge < -0.3 is 39.4 Å². The minimum Gasteiger partial charge on any atom is -0.459 e. The number of nitrogens with zero attached hydrogens (tertiary/aromatic N) is 8. The van der Waals surface area contributed by atoms with E-state index in [1.54, 1.807) is 24.3 Å². The maximum absolute atomic E-state index is 5.81. The number of aromatic nitrogens is 6. The van der Waals surface area contributed by atoms with E-state index in [1.165, 1.54) is 0 Å². The van der Waals surface area contributed by atoms with Gasteiger partial charge in [-0.05, 0) is 93.9 Å². The van der Waals surface area contributed by atoms with Crippen LogP contribution in [0.5, 0.6) is 24.0 Å². The zero-order valence-corrected chi connectivity index (χ0v) is 35.4. The molecule has 14 nitrogen and oxygen atoms in total. The lowest BCUT2D eigenvalue weighted by Gasteiger charge is -2.49. The van der Waals surface area contributed by atoms with Crippen molar-refractivity contribution in [3.05, 3.63) is 50.6 Å². The Morgan fingerprint density at radius 3 is 1.00 bits per heavy atom. The lowest BCUT2D eigenvalue weighted by molar-refractivity contribution is 0.156. The fourth-order valence-corrected chi connectivity index (χ4v) is 8.49. The molecule has 0 atom stereocenters. The van der Waals surface area contributed by atoms with Crippen LogP contribution in [0.2, 0.25) is 0 Å². The summed E-state index contributed by atoms with van der Waals surface area (Å²) in [7, 11) is 0. The van der Waals surface area contributed by atoms with Crippen LogP contribution in [-0.4, -0.2) is 104 Å². The quantitative estimate of drug-likeness (QED) is 0.0901. The van der Waals surface area contributed by atoms with Gasteiger partial charge in [0.15, 0.2) is 0 Å². The highest BCUT2D eigenvalue weighted by Crippen LogP contribution is 2.36. The molecule has 0 radical (unpaired) electrons. The van der Waals surface area contributed by atoms with Crippen LogP contribution in [0, 0.1) is 0 Å². The lowest BCUT2D eigenvalue weighted by Crippen LogP contribution is -2.62. The summed E-state index contributed by atoms with van der Waals surface area (Å²) in [5, 5.41) is 7.64. The monoisotopic (exact) mass is 777 g/mol. The molecule has 0 saturated carbocycles. The molecule has 2 aliphatic heterocycles. The van der Waals surface area contributed by atoms with Crippen molar-refractivity contribution in [2.75, 3.05) is 49.3 Å². The fourth-order valence-electron chi connectivity index (χ4n) is 8.49. The molecule has 2 N–H and O–H groups in total. The number of rotatable bonds is 23. The molecule has 0 bridgehead atoms. The first-order valence-corrected chi connectivity index (χ1v) is 20.1. The summed E-state index contributed by atoms with van der Waals surface area (Å²) in [6.45, 7) is 35.8. The van der Waals surface area contributed by atoms with Crippen molar-refractivity contribution >= 4 is 11.9 Å². The first-order valence-electron chi connectivity index (χ1n) is 20.1. The molecule has 4 heterocycles. The Kier molecular flexibility index (Phi) is 15.6. The van der Waals surface area contributed by atoms with Crippen molar-refractivity contribution in [1.29, 1.82) is 0 Å². The fraction of sp³-hybridized carbons (Fsp3) is 0.667. The molecule has 0 spiro atoms. The van der Waals surface area contributed by atoms with E-state index in [4.69, 9.17) is 38.9 Å². The van der Waals surface area contributed by atoms with Crippen LogP contribution >= 0.6 is 0 Å². The minimum atomic E-state index is -0.0779. The minimum absolute atomic E-state index is 0.0779. The van der Waals surface area contributed by atoms with Gasteiger partial charge in [0, 0.05) is 47.3 Å². The topological polar surface area (TPSA) is 145 Å². The van der Waals surface area contributed by atoms with Gasteiger partial charge in [0.2, 0.25) is 11.9 Å². The average molecular weight is 777 g/mol. The SMILES string of the molecule is C=CCOc1nc(OCC=C)nc(N(CCCCCCN(c2nc(OCC=C)nc(OCC=C)n2)C2CC(C)(C)NC(C)(C)C2)C2CC(C)(C)NC(C)(C)C2)n1. The van der Waals surface area contributed by atoms with Crippen LogP contribution in [-0.2, 0) is 0 Å². The Bertz CT molecular complexity index is 1400. The Labute approximate surface area is 335 Å². The van der Waals surface area contributed by atoms with E-state index in [1.807, 2.05) is 0 Å². The second-order valence-corrected chi connectivity index (χ2v) is 17.5. The maximum Gasteiger partial charge on any atom is 0.324 e. The third kappa shape index (κ3) is 13.7. The van der Waals surface area contributed by atoms with Crippen LogP contribution in [0.15, 0.2) is 50.6 Å². The van der Waals surface area contributed by atoms with Crippen molar-refractivity contribution < 1.29 is 18.9 Å². The molecule has 2 aliphatic rings. The Morgan fingerprint density at radius 1 is 0.482 bits per heavy atom. The van der Waals surface area contributed by atoms with Gasteiger partial charge in [-0.1, -0.05) is 63.5 Å². The molecule has 14 heteroatoms. The molecule has 2 saturated heterocycles. The molecular formula is C42H68N10O4. The summed E-state index contributed by atoms with van der Waals surface area (Å²) in [6, 6.07) is 1.22. The average Bonchev–Trinajstić information content (AvgIpc) is 3.09. The molecular weight excluding hydrogens is 709 g/mol. The molecule has 0 aromatic carbocycles. The maximum atomic E-state index is 5.81. The van der Waals surface area contributed by atoms with Gasteiger partial charge in [-0.3, -0.25) is 0 Å². The van der Waals surface area contributed by atoms with Gasteiger partial charge >= 0.3 is 24.0 Å².